The van der Waals surface area contributed by atoms with Crippen LogP contribution < -0.4 is 10.5 Å². The van der Waals surface area contributed by atoms with E-state index in [1.54, 1.807) is 31.2 Å². The summed E-state index contributed by atoms with van der Waals surface area (Å²) in [4.78, 5) is 28.9. The summed E-state index contributed by atoms with van der Waals surface area (Å²) in [5, 5.41) is 8.56. The van der Waals surface area contributed by atoms with Crippen LogP contribution in [0.25, 0.3) is 11.0 Å². The Bertz CT molecular complexity index is 1240. The van der Waals surface area contributed by atoms with E-state index >= 15 is 0 Å². The van der Waals surface area contributed by atoms with Gasteiger partial charge in [-0.05, 0) is 49.7 Å². The molecular formula is C21H24N4O5S2. The maximum absolute atomic E-state index is 12.3. The number of aromatic nitrogens is 2. The van der Waals surface area contributed by atoms with Crippen molar-refractivity contribution in [3.63, 3.8) is 0 Å². The first-order valence-corrected chi connectivity index (χ1v) is 12.4. The summed E-state index contributed by atoms with van der Waals surface area (Å²) >= 11 is 1.30. The number of carbonyl (C=O) groups excluding carboxylic acids is 2. The van der Waals surface area contributed by atoms with Crippen molar-refractivity contribution in [1.82, 2.24) is 14.9 Å². The molecule has 3 rings (SSSR count). The standard InChI is InChI=1S/C21H24N4O5S2/c1-3-25-18-10-7-15(20(27)30-4-2)11-17(18)24-21(25)31-13-19(26)23-12-14-5-8-16(9-6-14)32(22,28)29/h5-11H,3-4,12-13H2,1-2H3,(H,23,26)(H2,22,28,29). The summed E-state index contributed by atoms with van der Waals surface area (Å²) < 4.78 is 29.6. The number of nitrogens with zero attached hydrogens (tertiary/aromatic N) is 2. The summed E-state index contributed by atoms with van der Waals surface area (Å²) in [5.74, 6) is -0.429. The van der Waals surface area contributed by atoms with Crippen LogP contribution in [-0.4, -0.2) is 42.2 Å². The number of esters is 1. The zero-order valence-corrected chi connectivity index (χ0v) is 19.3. The Labute approximate surface area is 190 Å². The topological polar surface area (TPSA) is 133 Å². The van der Waals surface area contributed by atoms with Crippen molar-refractivity contribution in [3.8, 4) is 0 Å². The predicted octanol–water partition coefficient (Wildman–Crippen LogP) is 2.29. The summed E-state index contributed by atoms with van der Waals surface area (Å²) in [7, 11) is -3.74. The van der Waals surface area contributed by atoms with E-state index in [9.17, 15) is 18.0 Å². The number of hydrogen-bond acceptors (Lipinski definition) is 7. The molecule has 0 spiro atoms. The highest BCUT2D eigenvalue weighted by atomic mass is 32.2. The lowest BCUT2D eigenvalue weighted by Crippen LogP contribution is -2.24. The minimum absolute atomic E-state index is 0.0210. The van der Waals surface area contributed by atoms with Crippen molar-refractivity contribution < 1.29 is 22.7 Å². The molecule has 0 unspecified atom stereocenters. The highest BCUT2D eigenvalue weighted by molar-refractivity contribution is 7.99. The second-order valence-corrected chi connectivity index (χ2v) is 9.32. The second-order valence-electron chi connectivity index (χ2n) is 6.82. The molecule has 0 fully saturated rings. The minimum atomic E-state index is -3.74. The van der Waals surface area contributed by atoms with Gasteiger partial charge in [0.05, 0.1) is 33.9 Å². The summed E-state index contributed by atoms with van der Waals surface area (Å²) in [6.07, 6.45) is 0. The van der Waals surface area contributed by atoms with E-state index in [0.717, 1.165) is 11.1 Å². The zero-order valence-electron chi connectivity index (χ0n) is 17.7. The number of ether oxygens (including phenoxy) is 1. The number of nitrogens with one attached hydrogen (secondary N) is 1. The van der Waals surface area contributed by atoms with Gasteiger partial charge in [0.15, 0.2) is 5.16 Å². The van der Waals surface area contributed by atoms with Gasteiger partial charge >= 0.3 is 5.97 Å². The average Bonchev–Trinajstić information content (AvgIpc) is 3.12. The number of rotatable bonds is 9. The van der Waals surface area contributed by atoms with E-state index in [0.29, 0.717) is 29.4 Å². The van der Waals surface area contributed by atoms with Gasteiger partial charge in [-0.25, -0.2) is 23.3 Å². The molecule has 0 bridgehead atoms. The number of aryl methyl sites for hydroxylation is 1. The molecule has 3 N–H and O–H groups in total. The highest BCUT2D eigenvalue weighted by Crippen LogP contribution is 2.25. The van der Waals surface area contributed by atoms with Crippen molar-refractivity contribution in [2.24, 2.45) is 5.14 Å². The van der Waals surface area contributed by atoms with Gasteiger partial charge in [0, 0.05) is 13.1 Å². The molecule has 0 aliphatic heterocycles. The molecule has 1 aromatic heterocycles. The van der Waals surface area contributed by atoms with Crippen molar-refractivity contribution >= 4 is 44.7 Å². The zero-order chi connectivity index (χ0) is 23.3. The van der Waals surface area contributed by atoms with Gasteiger partial charge in [-0.15, -0.1) is 0 Å². The van der Waals surface area contributed by atoms with Crippen LogP contribution in [-0.2, 0) is 32.6 Å². The number of carbonyl (C=O) groups is 2. The fraction of sp³-hybridized carbons (Fsp3) is 0.286. The average molecular weight is 477 g/mol. The third kappa shape index (κ3) is 5.67. The third-order valence-electron chi connectivity index (χ3n) is 4.61. The van der Waals surface area contributed by atoms with Crippen molar-refractivity contribution in [2.45, 2.75) is 37.0 Å². The van der Waals surface area contributed by atoms with E-state index in [4.69, 9.17) is 9.88 Å². The molecule has 0 atom stereocenters. The van der Waals surface area contributed by atoms with Crippen LogP contribution in [0.5, 0.6) is 0 Å². The SMILES string of the molecule is CCOC(=O)c1ccc2c(c1)nc(SCC(=O)NCc1ccc(S(N)(=O)=O)cc1)n2CC. The van der Waals surface area contributed by atoms with Crippen LogP contribution >= 0.6 is 11.8 Å². The van der Waals surface area contributed by atoms with Crippen LogP contribution in [0.3, 0.4) is 0 Å². The van der Waals surface area contributed by atoms with E-state index in [1.807, 2.05) is 17.6 Å². The third-order valence-corrected chi connectivity index (χ3v) is 6.52. The Morgan fingerprint density at radius 3 is 2.50 bits per heavy atom. The summed E-state index contributed by atoms with van der Waals surface area (Å²) in [6.45, 7) is 4.96. The van der Waals surface area contributed by atoms with Crippen LogP contribution in [0.4, 0.5) is 0 Å². The monoisotopic (exact) mass is 476 g/mol. The molecule has 170 valence electrons. The minimum Gasteiger partial charge on any atom is -0.462 e. The van der Waals surface area contributed by atoms with E-state index in [-0.39, 0.29) is 23.1 Å². The van der Waals surface area contributed by atoms with Gasteiger partial charge in [-0.2, -0.15) is 0 Å². The van der Waals surface area contributed by atoms with E-state index in [2.05, 4.69) is 10.3 Å². The number of primary sulfonamides is 1. The van der Waals surface area contributed by atoms with Gasteiger partial charge in [-0.1, -0.05) is 23.9 Å². The fourth-order valence-corrected chi connectivity index (χ4v) is 4.47. The Morgan fingerprint density at radius 1 is 1.16 bits per heavy atom. The number of imidazole rings is 1. The molecule has 0 radical (unpaired) electrons. The largest absolute Gasteiger partial charge is 0.462 e. The van der Waals surface area contributed by atoms with Crippen molar-refractivity contribution in [3.05, 3.63) is 53.6 Å². The molecule has 1 amide bonds. The molecule has 0 aliphatic carbocycles. The fourth-order valence-electron chi connectivity index (χ4n) is 3.04. The molecule has 0 saturated carbocycles. The normalized spacial score (nSPS) is 11.5. The molecular weight excluding hydrogens is 452 g/mol. The number of sulfonamides is 1. The number of nitrogens with two attached hydrogens (primary N) is 1. The first-order valence-electron chi connectivity index (χ1n) is 9.91. The number of thioether (sulfide) groups is 1. The lowest BCUT2D eigenvalue weighted by molar-refractivity contribution is -0.118. The van der Waals surface area contributed by atoms with E-state index in [1.165, 1.54) is 23.9 Å². The van der Waals surface area contributed by atoms with Gasteiger partial charge in [0.1, 0.15) is 0 Å². The van der Waals surface area contributed by atoms with Crippen molar-refractivity contribution in [2.75, 3.05) is 12.4 Å². The van der Waals surface area contributed by atoms with Crippen LogP contribution in [0.1, 0.15) is 29.8 Å². The van der Waals surface area contributed by atoms with Crippen LogP contribution in [0, 0.1) is 0 Å². The number of benzene rings is 2. The van der Waals surface area contributed by atoms with E-state index < -0.39 is 16.0 Å². The smallest absolute Gasteiger partial charge is 0.338 e. The Hall–Kier alpha value is -2.89. The number of amides is 1. The van der Waals surface area contributed by atoms with Gasteiger partial charge in [0.2, 0.25) is 15.9 Å². The maximum Gasteiger partial charge on any atom is 0.338 e. The first kappa shape index (κ1) is 23.8. The molecule has 9 nitrogen and oxygen atoms in total. The molecule has 1 heterocycles. The quantitative estimate of drug-likeness (QED) is 0.357. The predicted molar refractivity (Wildman–Crippen MR) is 122 cm³/mol. The van der Waals surface area contributed by atoms with Gasteiger partial charge in [0.25, 0.3) is 0 Å². The Morgan fingerprint density at radius 2 is 1.88 bits per heavy atom. The molecule has 0 saturated heterocycles. The summed E-state index contributed by atoms with van der Waals surface area (Å²) in [5.41, 5.74) is 2.72. The van der Waals surface area contributed by atoms with Crippen LogP contribution in [0.2, 0.25) is 0 Å². The number of fused-ring (bicyclic) bond motifs is 1. The summed E-state index contributed by atoms with van der Waals surface area (Å²) in [6, 6.07) is 11.2. The molecule has 3 aromatic rings. The lowest BCUT2D eigenvalue weighted by Gasteiger charge is -2.07. The second kappa shape index (κ2) is 10.2. The van der Waals surface area contributed by atoms with Crippen LogP contribution in [0.15, 0.2) is 52.5 Å². The van der Waals surface area contributed by atoms with Crippen molar-refractivity contribution in [1.29, 1.82) is 0 Å². The Balaban J connectivity index is 1.63. The molecule has 2 aromatic carbocycles. The van der Waals surface area contributed by atoms with Gasteiger partial charge in [-0.3, -0.25) is 4.79 Å². The molecule has 11 heteroatoms. The number of hydrogen-bond donors (Lipinski definition) is 2. The molecule has 32 heavy (non-hydrogen) atoms. The lowest BCUT2D eigenvalue weighted by atomic mass is 10.2. The Kier molecular flexibility index (Phi) is 7.54. The van der Waals surface area contributed by atoms with Gasteiger partial charge < -0.3 is 14.6 Å². The molecule has 0 aliphatic rings. The highest BCUT2D eigenvalue weighted by Gasteiger charge is 2.15. The maximum atomic E-state index is 12.3. The first-order chi connectivity index (χ1) is 15.2.